The number of carbonyl (C=O) groups is 2. The van der Waals surface area contributed by atoms with Crippen LogP contribution in [-0.4, -0.2) is 23.1 Å². The van der Waals surface area contributed by atoms with Crippen molar-refractivity contribution in [1.29, 1.82) is 0 Å². The molecule has 0 saturated heterocycles. The maximum atomic E-state index is 12.9. The third-order valence-electron chi connectivity index (χ3n) is 3.68. The molecule has 0 heterocycles. The van der Waals surface area contributed by atoms with E-state index in [0.717, 1.165) is 5.56 Å². The number of nitrogens with one attached hydrogen (secondary N) is 1. The van der Waals surface area contributed by atoms with Crippen LogP contribution in [0.2, 0.25) is 0 Å². The summed E-state index contributed by atoms with van der Waals surface area (Å²) in [4.78, 5) is 23.0. The molecule has 0 fully saturated rings. The molecule has 2 unspecified atom stereocenters. The zero-order valence-corrected chi connectivity index (χ0v) is 14.0. The zero-order valence-electron chi connectivity index (χ0n) is 14.0. The normalized spacial score (nSPS) is 12.9. The van der Waals surface area contributed by atoms with Gasteiger partial charge in [-0.2, -0.15) is 0 Å². The molecule has 0 aliphatic heterocycles. The van der Waals surface area contributed by atoms with E-state index in [1.807, 2.05) is 0 Å². The van der Waals surface area contributed by atoms with E-state index in [1.54, 1.807) is 38.1 Å². The maximum Gasteiger partial charge on any atom is 0.306 e. The van der Waals surface area contributed by atoms with Crippen LogP contribution in [0.4, 0.5) is 10.1 Å². The molecule has 0 aromatic heterocycles. The van der Waals surface area contributed by atoms with Gasteiger partial charge in [-0.15, -0.1) is 0 Å². The van der Waals surface area contributed by atoms with Crippen molar-refractivity contribution in [2.24, 2.45) is 5.92 Å². The van der Waals surface area contributed by atoms with Crippen molar-refractivity contribution in [2.45, 2.75) is 26.4 Å². The van der Waals surface area contributed by atoms with E-state index in [0.29, 0.717) is 17.9 Å². The summed E-state index contributed by atoms with van der Waals surface area (Å²) in [6.45, 7) is 3.24. The fourth-order valence-electron chi connectivity index (χ4n) is 2.18. The number of rotatable bonds is 7. The summed E-state index contributed by atoms with van der Waals surface area (Å²) >= 11 is 0. The van der Waals surface area contributed by atoms with Crippen LogP contribution in [0.15, 0.2) is 48.5 Å². The van der Waals surface area contributed by atoms with Crippen LogP contribution in [0.25, 0.3) is 0 Å². The van der Waals surface area contributed by atoms with Crippen LogP contribution in [0, 0.1) is 11.7 Å². The van der Waals surface area contributed by atoms with Gasteiger partial charge in [0.2, 0.25) is 0 Å². The minimum Gasteiger partial charge on any atom is -0.481 e. The first kappa shape index (κ1) is 18.4. The van der Waals surface area contributed by atoms with Gasteiger partial charge in [0.25, 0.3) is 5.91 Å². The van der Waals surface area contributed by atoms with Gasteiger partial charge in [-0.1, -0.05) is 19.1 Å². The molecule has 2 rings (SSSR count). The van der Waals surface area contributed by atoms with Gasteiger partial charge < -0.3 is 15.2 Å². The molecular weight excluding hydrogens is 325 g/mol. The first-order valence-corrected chi connectivity index (χ1v) is 7.90. The Kier molecular flexibility index (Phi) is 6.11. The lowest BCUT2D eigenvalue weighted by molar-refractivity contribution is -0.141. The quantitative estimate of drug-likeness (QED) is 0.805. The maximum absolute atomic E-state index is 12.9. The number of hydrogen-bond donors (Lipinski definition) is 2. The molecule has 0 saturated carbocycles. The molecule has 0 aliphatic rings. The van der Waals surface area contributed by atoms with Crippen LogP contribution in [0.5, 0.6) is 5.75 Å². The number of halogens is 1. The van der Waals surface area contributed by atoms with Crippen molar-refractivity contribution in [3.63, 3.8) is 0 Å². The smallest absolute Gasteiger partial charge is 0.306 e. The second-order valence-electron chi connectivity index (χ2n) is 5.84. The SMILES string of the molecule is CC(Cc1ccc(NC(=O)C(C)Oc2ccc(F)cc2)cc1)C(=O)O. The molecule has 0 bridgehead atoms. The van der Waals surface area contributed by atoms with Crippen molar-refractivity contribution in [3.8, 4) is 5.75 Å². The number of hydrogen-bond acceptors (Lipinski definition) is 3. The number of ether oxygens (including phenoxy) is 1. The Bertz CT molecular complexity index is 728. The first-order chi connectivity index (χ1) is 11.8. The largest absolute Gasteiger partial charge is 0.481 e. The fraction of sp³-hybridized carbons (Fsp3) is 0.263. The van der Waals surface area contributed by atoms with Crippen LogP contribution in [0.1, 0.15) is 19.4 Å². The highest BCUT2D eigenvalue weighted by Gasteiger charge is 2.15. The fourth-order valence-corrected chi connectivity index (χ4v) is 2.18. The monoisotopic (exact) mass is 345 g/mol. The summed E-state index contributed by atoms with van der Waals surface area (Å²) < 4.78 is 18.3. The Labute approximate surface area is 145 Å². The third kappa shape index (κ3) is 5.60. The van der Waals surface area contributed by atoms with Crippen LogP contribution < -0.4 is 10.1 Å². The molecule has 0 spiro atoms. The number of benzene rings is 2. The van der Waals surface area contributed by atoms with Crippen molar-refractivity contribution >= 4 is 17.6 Å². The lowest BCUT2D eigenvalue weighted by Gasteiger charge is -2.15. The average Bonchev–Trinajstić information content (AvgIpc) is 2.58. The Morgan fingerprint density at radius 1 is 1.08 bits per heavy atom. The summed E-state index contributed by atoms with van der Waals surface area (Å²) in [6.07, 6.45) is -0.328. The van der Waals surface area contributed by atoms with E-state index in [2.05, 4.69) is 5.32 Å². The average molecular weight is 345 g/mol. The van der Waals surface area contributed by atoms with Crippen molar-refractivity contribution in [3.05, 3.63) is 59.9 Å². The number of carboxylic acids is 1. The Balaban J connectivity index is 1.91. The van der Waals surface area contributed by atoms with Crippen molar-refractivity contribution in [2.75, 3.05) is 5.32 Å². The molecule has 5 nitrogen and oxygen atoms in total. The van der Waals surface area contributed by atoms with Crippen LogP contribution in [-0.2, 0) is 16.0 Å². The highest BCUT2D eigenvalue weighted by atomic mass is 19.1. The summed E-state index contributed by atoms with van der Waals surface area (Å²) in [5.41, 5.74) is 1.47. The van der Waals surface area contributed by atoms with E-state index >= 15 is 0 Å². The molecule has 2 N–H and O–H groups in total. The molecule has 132 valence electrons. The summed E-state index contributed by atoms with van der Waals surface area (Å²) in [5, 5.41) is 11.6. The zero-order chi connectivity index (χ0) is 18.4. The molecule has 0 aliphatic carbocycles. The Morgan fingerprint density at radius 2 is 1.68 bits per heavy atom. The third-order valence-corrected chi connectivity index (χ3v) is 3.68. The molecule has 25 heavy (non-hydrogen) atoms. The molecular formula is C19H20FNO4. The highest BCUT2D eigenvalue weighted by Crippen LogP contribution is 2.16. The number of amides is 1. The van der Waals surface area contributed by atoms with E-state index in [-0.39, 0.29) is 11.7 Å². The number of carboxylic acid groups (broad SMARTS) is 1. The van der Waals surface area contributed by atoms with E-state index in [9.17, 15) is 14.0 Å². The molecule has 2 atom stereocenters. The standard InChI is InChI=1S/C19H20FNO4/c1-12(19(23)24)11-14-3-7-16(8-4-14)21-18(22)13(2)25-17-9-5-15(20)6-10-17/h3-10,12-13H,11H2,1-2H3,(H,21,22)(H,23,24). The lowest BCUT2D eigenvalue weighted by atomic mass is 10.0. The van der Waals surface area contributed by atoms with Gasteiger partial charge in [0.15, 0.2) is 6.10 Å². The molecule has 0 radical (unpaired) electrons. The topological polar surface area (TPSA) is 75.6 Å². The van der Waals surface area contributed by atoms with E-state index in [1.165, 1.54) is 24.3 Å². The molecule has 6 heteroatoms. The van der Waals surface area contributed by atoms with Gasteiger partial charge in [-0.05, 0) is 55.3 Å². The van der Waals surface area contributed by atoms with Gasteiger partial charge in [0.1, 0.15) is 11.6 Å². The van der Waals surface area contributed by atoms with Gasteiger partial charge in [-0.25, -0.2) is 4.39 Å². The van der Waals surface area contributed by atoms with Gasteiger partial charge in [0, 0.05) is 5.69 Å². The minimum absolute atomic E-state index is 0.337. The summed E-state index contributed by atoms with van der Waals surface area (Å²) in [6, 6.07) is 12.4. The van der Waals surface area contributed by atoms with Crippen LogP contribution >= 0.6 is 0 Å². The van der Waals surface area contributed by atoms with E-state index in [4.69, 9.17) is 9.84 Å². The Hall–Kier alpha value is -2.89. The lowest BCUT2D eigenvalue weighted by Crippen LogP contribution is -2.30. The summed E-state index contributed by atoms with van der Waals surface area (Å²) in [5.74, 6) is -1.62. The number of aliphatic carboxylic acids is 1. The van der Waals surface area contributed by atoms with Gasteiger partial charge in [0.05, 0.1) is 5.92 Å². The van der Waals surface area contributed by atoms with Gasteiger partial charge >= 0.3 is 5.97 Å². The predicted molar refractivity (Wildman–Crippen MR) is 92.1 cm³/mol. The molecule has 2 aromatic rings. The first-order valence-electron chi connectivity index (χ1n) is 7.90. The Morgan fingerprint density at radius 3 is 2.24 bits per heavy atom. The second kappa shape index (κ2) is 8.28. The molecule has 1 amide bonds. The number of anilines is 1. The van der Waals surface area contributed by atoms with E-state index < -0.39 is 18.0 Å². The predicted octanol–water partition coefficient (Wildman–Crippen LogP) is 3.49. The molecule has 2 aromatic carbocycles. The highest BCUT2D eigenvalue weighted by molar-refractivity contribution is 5.94. The van der Waals surface area contributed by atoms with Crippen molar-refractivity contribution in [1.82, 2.24) is 0 Å². The summed E-state index contributed by atoms with van der Waals surface area (Å²) in [7, 11) is 0. The van der Waals surface area contributed by atoms with Crippen LogP contribution in [0.3, 0.4) is 0 Å². The minimum atomic E-state index is -0.843. The van der Waals surface area contributed by atoms with Crippen molar-refractivity contribution < 1.29 is 23.8 Å². The second-order valence-corrected chi connectivity index (χ2v) is 5.84. The van der Waals surface area contributed by atoms with Gasteiger partial charge in [-0.3, -0.25) is 9.59 Å². The number of carbonyl (C=O) groups excluding carboxylic acids is 1.